The molecule has 0 aromatic heterocycles. The number of carbonyl (C=O) groups is 1. The normalized spacial score (nSPS) is 19.3. The highest BCUT2D eigenvalue weighted by Crippen LogP contribution is 2.17. The van der Waals surface area contributed by atoms with Crippen molar-refractivity contribution in [2.24, 2.45) is 0 Å². The molecule has 7 heteroatoms. The maximum absolute atomic E-state index is 12.3. The Bertz CT molecular complexity index is 605. The summed E-state index contributed by atoms with van der Waals surface area (Å²) in [5, 5.41) is 8.85. The van der Waals surface area contributed by atoms with Crippen molar-refractivity contribution in [3.63, 3.8) is 0 Å². The van der Waals surface area contributed by atoms with Gasteiger partial charge in [-0.15, -0.1) is 0 Å². The largest absolute Gasteiger partial charge is 0.478 e. The molecule has 1 aliphatic rings. The lowest BCUT2D eigenvalue weighted by Crippen LogP contribution is -2.36. The maximum Gasteiger partial charge on any atom is 0.335 e. The molecular weight excluding hydrogens is 306 g/mol. The second-order valence-electron chi connectivity index (χ2n) is 5.53. The predicted molar refractivity (Wildman–Crippen MR) is 82.2 cm³/mol. The molecule has 1 aromatic carbocycles. The number of benzene rings is 1. The van der Waals surface area contributed by atoms with Gasteiger partial charge in [0.15, 0.2) is 0 Å². The highest BCUT2D eigenvalue weighted by atomic mass is 32.2. The van der Waals surface area contributed by atoms with Gasteiger partial charge in [-0.2, -0.15) is 0 Å². The zero-order valence-electron chi connectivity index (χ0n) is 12.6. The van der Waals surface area contributed by atoms with Crippen molar-refractivity contribution < 1.29 is 23.1 Å². The van der Waals surface area contributed by atoms with Crippen LogP contribution >= 0.6 is 0 Å². The maximum atomic E-state index is 12.3. The van der Waals surface area contributed by atoms with Crippen LogP contribution < -0.4 is 0 Å². The van der Waals surface area contributed by atoms with E-state index in [0.717, 1.165) is 24.8 Å². The molecule has 0 saturated carbocycles. The summed E-state index contributed by atoms with van der Waals surface area (Å²) >= 11 is 0. The highest BCUT2D eigenvalue weighted by Gasteiger charge is 2.25. The Balaban J connectivity index is 1.97. The average Bonchev–Trinajstić information content (AvgIpc) is 2.48. The van der Waals surface area contributed by atoms with E-state index in [9.17, 15) is 13.2 Å². The van der Waals surface area contributed by atoms with Crippen LogP contribution in [0.3, 0.4) is 0 Å². The smallest absolute Gasteiger partial charge is 0.335 e. The fourth-order valence-corrected chi connectivity index (χ4v) is 3.74. The van der Waals surface area contributed by atoms with Crippen molar-refractivity contribution in [2.45, 2.75) is 31.9 Å². The first-order chi connectivity index (χ1) is 10.4. The van der Waals surface area contributed by atoms with Crippen LogP contribution in [0.25, 0.3) is 0 Å². The number of nitrogens with zero attached hydrogens (tertiary/aromatic N) is 1. The summed E-state index contributed by atoms with van der Waals surface area (Å²) in [6, 6.07) is 6.21. The van der Waals surface area contributed by atoms with Crippen LogP contribution in [-0.2, 0) is 21.3 Å². The Morgan fingerprint density at radius 3 is 2.55 bits per heavy atom. The van der Waals surface area contributed by atoms with Crippen LogP contribution in [0.5, 0.6) is 0 Å². The fourth-order valence-electron chi connectivity index (χ4n) is 2.41. The van der Waals surface area contributed by atoms with Gasteiger partial charge in [0.1, 0.15) is 0 Å². The topological polar surface area (TPSA) is 83.9 Å². The van der Waals surface area contributed by atoms with Crippen molar-refractivity contribution in [3.05, 3.63) is 35.4 Å². The van der Waals surface area contributed by atoms with Gasteiger partial charge in [-0.25, -0.2) is 17.5 Å². The minimum absolute atomic E-state index is 0.00326. The van der Waals surface area contributed by atoms with Crippen molar-refractivity contribution >= 4 is 16.0 Å². The lowest BCUT2D eigenvalue weighted by molar-refractivity contribution is 0.0299. The summed E-state index contributed by atoms with van der Waals surface area (Å²) in [7, 11) is -1.86. The predicted octanol–water partition coefficient (Wildman–Crippen LogP) is 1.72. The fraction of sp³-hybridized carbons (Fsp3) is 0.533. The molecule has 2 rings (SSSR count). The van der Waals surface area contributed by atoms with E-state index in [-0.39, 0.29) is 24.0 Å². The second kappa shape index (κ2) is 7.21. The van der Waals surface area contributed by atoms with Crippen molar-refractivity contribution in [1.82, 2.24) is 4.31 Å². The Labute approximate surface area is 130 Å². The average molecular weight is 327 g/mol. The van der Waals surface area contributed by atoms with Gasteiger partial charge in [0.25, 0.3) is 0 Å². The molecule has 1 N–H and O–H groups in total. The third-order valence-electron chi connectivity index (χ3n) is 3.75. The SMILES string of the molecule is CN(Cc1ccc(C(=O)O)cc1)S(=O)(=O)CC1CCCCO1. The van der Waals surface area contributed by atoms with E-state index >= 15 is 0 Å². The molecule has 0 spiro atoms. The van der Waals surface area contributed by atoms with E-state index in [1.54, 1.807) is 12.1 Å². The molecule has 1 aliphatic heterocycles. The zero-order valence-corrected chi connectivity index (χ0v) is 13.4. The summed E-state index contributed by atoms with van der Waals surface area (Å²) in [5.74, 6) is -1.00. The van der Waals surface area contributed by atoms with E-state index in [0.29, 0.717) is 6.61 Å². The Kier molecular flexibility index (Phi) is 5.55. The molecule has 1 fully saturated rings. The van der Waals surface area contributed by atoms with Gasteiger partial charge in [0.2, 0.25) is 10.0 Å². The molecule has 0 bridgehead atoms. The summed E-state index contributed by atoms with van der Waals surface area (Å²) in [6.45, 7) is 0.843. The lowest BCUT2D eigenvalue weighted by Gasteiger charge is -2.25. The molecule has 1 heterocycles. The molecule has 0 aliphatic carbocycles. The number of carboxylic acids is 1. The van der Waals surface area contributed by atoms with Crippen molar-refractivity contribution in [1.29, 1.82) is 0 Å². The number of hydrogen-bond acceptors (Lipinski definition) is 4. The first-order valence-electron chi connectivity index (χ1n) is 7.26. The summed E-state index contributed by atoms with van der Waals surface area (Å²) in [5.41, 5.74) is 0.936. The van der Waals surface area contributed by atoms with E-state index in [1.165, 1.54) is 23.5 Å². The minimum Gasteiger partial charge on any atom is -0.478 e. The molecule has 1 unspecified atom stereocenters. The third kappa shape index (κ3) is 4.53. The molecule has 22 heavy (non-hydrogen) atoms. The minimum atomic E-state index is -3.39. The highest BCUT2D eigenvalue weighted by molar-refractivity contribution is 7.89. The van der Waals surface area contributed by atoms with Crippen LogP contribution in [0.1, 0.15) is 35.2 Å². The van der Waals surface area contributed by atoms with Crippen LogP contribution in [0.15, 0.2) is 24.3 Å². The van der Waals surface area contributed by atoms with Gasteiger partial charge in [0, 0.05) is 20.2 Å². The number of ether oxygens (including phenoxy) is 1. The van der Waals surface area contributed by atoms with Crippen molar-refractivity contribution in [2.75, 3.05) is 19.4 Å². The summed E-state index contributed by atoms with van der Waals surface area (Å²) in [4.78, 5) is 10.8. The van der Waals surface area contributed by atoms with Gasteiger partial charge >= 0.3 is 5.97 Å². The molecule has 1 saturated heterocycles. The zero-order chi connectivity index (χ0) is 16.2. The van der Waals surface area contributed by atoms with Gasteiger partial charge in [0.05, 0.1) is 17.4 Å². The number of aromatic carboxylic acids is 1. The number of sulfonamides is 1. The van der Waals surface area contributed by atoms with E-state index in [4.69, 9.17) is 9.84 Å². The van der Waals surface area contributed by atoms with Gasteiger partial charge < -0.3 is 9.84 Å². The van der Waals surface area contributed by atoms with Gasteiger partial charge in [-0.05, 0) is 37.0 Å². The number of rotatable bonds is 6. The molecule has 1 atom stereocenters. The molecule has 122 valence electrons. The van der Waals surface area contributed by atoms with E-state index in [2.05, 4.69) is 0 Å². The number of carboxylic acid groups (broad SMARTS) is 1. The van der Waals surface area contributed by atoms with Crippen LogP contribution in [0.2, 0.25) is 0 Å². The Morgan fingerprint density at radius 1 is 1.32 bits per heavy atom. The van der Waals surface area contributed by atoms with E-state index in [1.807, 2.05) is 0 Å². The van der Waals surface area contributed by atoms with Crippen molar-refractivity contribution in [3.8, 4) is 0 Å². The summed E-state index contributed by atoms with van der Waals surface area (Å²) in [6.07, 6.45) is 2.54. The quantitative estimate of drug-likeness (QED) is 0.860. The molecule has 6 nitrogen and oxygen atoms in total. The first-order valence-corrected chi connectivity index (χ1v) is 8.87. The number of hydrogen-bond donors (Lipinski definition) is 1. The van der Waals surface area contributed by atoms with Crippen LogP contribution in [0, 0.1) is 0 Å². The first kappa shape index (κ1) is 16.9. The standard InChI is InChI=1S/C15H21NO5S/c1-16(10-12-5-7-13(8-6-12)15(17)18)22(19,20)11-14-4-2-3-9-21-14/h5-8,14H,2-4,9-11H2,1H3,(H,17,18). The van der Waals surface area contributed by atoms with Gasteiger partial charge in [-0.1, -0.05) is 12.1 Å². The molecule has 1 aromatic rings. The monoisotopic (exact) mass is 327 g/mol. The van der Waals surface area contributed by atoms with E-state index < -0.39 is 16.0 Å². The third-order valence-corrected chi connectivity index (χ3v) is 5.62. The molecular formula is C15H21NO5S. The molecule has 0 radical (unpaired) electrons. The van der Waals surface area contributed by atoms with Crippen LogP contribution in [-0.4, -0.2) is 49.3 Å². The summed E-state index contributed by atoms with van der Waals surface area (Å²) < 4.78 is 31.4. The van der Waals surface area contributed by atoms with Crippen LogP contribution in [0.4, 0.5) is 0 Å². The Hall–Kier alpha value is -1.44. The lowest BCUT2D eigenvalue weighted by atomic mass is 10.1. The Morgan fingerprint density at radius 2 is 2.00 bits per heavy atom. The second-order valence-corrected chi connectivity index (χ2v) is 7.65. The molecule has 0 amide bonds. The van der Waals surface area contributed by atoms with Gasteiger partial charge in [-0.3, -0.25) is 0 Å².